The molecule has 0 radical (unpaired) electrons. The monoisotopic (exact) mass is 306 g/mol. The molecule has 1 unspecified atom stereocenters. The molecule has 1 amide bonds. The van der Waals surface area contributed by atoms with E-state index in [-0.39, 0.29) is 12.0 Å². The summed E-state index contributed by atoms with van der Waals surface area (Å²) in [7, 11) is 0. The topological polar surface area (TPSA) is 50.8 Å². The normalized spacial score (nSPS) is 19.0. The molecule has 1 aromatic carbocycles. The van der Waals surface area contributed by atoms with Crippen LogP contribution in [0.4, 0.5) is 0 Å². The molecule has 0 aliphatic carbocycles. The summed E-state index contributed by atoms with van der Waals surface area (Å²) in [5.41, 5.74) is 2.15. The Kier molecular flexibility index (Phi) is 6.21. The molecule has 5 nitrogen and oxygen atoms in total. The van der Waals surface area contributed by atoms with Crippen molar-refractivity contribution in [1.29, 1.82) is 0 Å². The van der Waals surface area contributed by atoms with Gasteiger partial charge in [0.1, 0.15) is 11.9 Å². The number of hydrogen-bond acceptors (Lipinski definition) is 4. The summed E-state index contributed by atoms with van der Waals surface area (Å²) in [6.45, 7) is 10.4. The highest BCUT2D eigenvalue weighted by atomic mass is 16.5. The number of carbonyl (C=O) groups is 1. The van der Waals surface area contributed by atoms with Crippen molar-refractivity contribution in [2.45, 2.75) is 33.4 Å². The van der Waals surface area contributed by atoms with Gasteiger partial charge in [-0.1, -0.05) is 19.1 Å². The third kappa shape index (κ3) is 4.45. The van der Waals surface area contributed by atoms with E-state index in [9.17, 15) is 4.79 Å². The van der Waals surface area contributed by atoms with Crippen LogP contribution in [0.5, 0.6) is 5.75 Å². The van der Waals surface area contributed by atoms with E-state index < -0.39 is 0 Å². The third-order valence-electron chi connectivity index (χ3n) is 3.90. The van der Waals surface area contributed by atoms with Crippen LogP contribution in [0.25, 0.3) is 0 Å². The second-order valence-electron chi connectivity index (χ2n) is 5.50. The molecule has 22 heavy (non-hydrogen) atoms. The van der Waals surface area contributed by atoms with Crippen molar-refractivity contribution in [2.24, 2.45) is 0 Å². The highest BCUT2D eigenvalue weighted by Crippen LogP contribution is 2.19. The lowest BCUT2D eigenvalue weighted by atomic mass is 10.1. The lowest BCUT2D eigenvalue weighted by Gasteiger charge is -2.31. The SMILES string of the molecule is CCOc1ccc(CNC(=O)C2CN(CC)CCO2)cc1C. The molecule has 122 valence electrons. The van der Waals surface area contributed by atoms with Gasteiger partial charge in [0, 0.05) is 19.6 Å². The fraction of sp³-hybridized carbons (Fsp3) is 0.588. The second kappa shape index (κ2) is 8.15. The molecule has 0 spiro atoms. The van der Waals surface area contributed by atoms with Crippen LogP contribution in [0.3, 0.4) is 0 Å². The van der Waals surface area contributed by atoms with Crippen molar-refractivity contribution in [3.63, 3.8) is 0 Å². The Hall–Kier alpha value is -1.59. The number of amides is 1. The van der Waals surface area contributed by atoms with Gasteiger partial charge in [-0.15, -0.1) is 0 Å². The van der Waals surface area contributed by atoms with Crippen LogP contribution in [0, 0.1) is 6.92 Å². The molecule has 1 saturated heterocycles. The number of carbonyl (C=O) groups excluding carboxylic acids is 1. The van der Waals surface area contributed by atoms with Gasteiger partial charge >= 0.3 is 0 Å². The Balaban J connectivity index is 1.87. The van der Waals surface area contributed by atoms with Crippen LogP contribution < -0.4 is 10.1 Å². The predicted octanol–water partition coefficient (Wildman–Crippen LogP) is 1.73. The largest absolute Gasteiger partial charge is 0.494 e. The average molecular weight is 306 g/mol. The number of likely N-dealkylation sites (N-methyl/N-ethyl adjacent to an activating group) is 1. The molecule has 1 heterocycles. The quantitative estimate of drug-likeness (QED) is 0.869. The van der Waals surface area contributed by atoms with Crippen molar-refractivity contribution in [3.05, 3.63) is 29.3 Å². The van der Waals surface area contributed by atoms with E-state index in [1.807, 2.05) is 32.0 Å². The van der Waals surface area contributed by atoms with Crippen LogP contribution in [-0.2, 0) is 16.1 Å². The van der Waals surface area contributed by atoms with Crippen LogP contribution in [0.15, 0.2) is 18.2 Å². The van der Waals surface area contributed by atoms with E-state index in [0.717, 1.165) is 30.0 Å². The van der Waals surface area contributed by atoms with Gasteiger partial charge in [0.15, 0.2) is 0 Å². The summed E-state index contributed by atoms with van der Waals surface area (Å²) in [6.07, 6.45) is -0.363. The van der Waals surface area contributed by atoms with Crippen molar-refractivity contribution in [1.82, 2.24) is 10.2 Å². The lowest BCUT2D eigenvalue weighted by molar-refractivity contribution is -0.138. The second-order valence-corrected chi connectivity index (χ2v) is 5.50. The number of nitrogens with one attached hydrogen (secondary N) is 1. The standard InChI is InChI=1S/C17H26N2O3/c1-4-19-8-9-22-16(12-19)17(20)18-11-14-6-7-15(21-5-2)13(3)10-14/h6-7,10,16H,4-5,8-9,11-12H2,1-3H3,(H,18,20). The molecule has 2 rings (SSSR count). The zero-order valence-corrected chi connectivity index (χ0v) is 13.7. The van der Waals surface area contributed by atoms with Crippen LogP contribution in [0.2, 0.25) is 0 Å². The van der Waals surface area contributed by atoms with Gasteiger partial charge in [-0.3, -0.25) is 9.69 Å². The first kappa shape index (κ1) is 16.8. The van der Waals surface area contributed by atoms with Crippen molar-refractivity contribution >= 4 is 5.91 Å². The Labute approximate surface area is 132 Å². The first-order chi connectivity index (χ1) is 10.6. The van der Waals surface area contributed by atoms with E-state index in [0.29, 0.717) is 26.3 Å². The number of rotatable bonds is 6. The van der Waals surface area contributed by atoms with E-state index in [1.54, 1.807) is 0 Å². The van der Waals surface area contributed by atoms with E-state index in [4.69, 9.17) is 9.47 Å². The maximum atomic E-state index is 12.2. The fourth-order valence-electron chi connectivity index (χ4n) is 2.59. The molecular weight excluding hydrogens is 280 g/mol. The third-order valence-corrected chi connectivity index (χ3v) is 3.90. The Morgan fingerprint density at radius 3 is 2.95 bits per heavy atom. The van der Waals surface area contributed by atoms with Gasteiger partial charge in [-0.25, -0.2) is 0 Å². The minimum Gasteiger partial charge on any atom is -0.494 e. The average Bonchev–Trinajstić information content (AvgIpc) is 2.55. The maximum absolute atomic E-state index is 12.2. The first-order valence-electron chi connectivity index (χ1n) is 7.98. The van der Waals surface area contributed by atoms with Gasteiger partial charge in [0.2, 0.25) is 0 Å². The molecule has 0 saturated carbocycles. The highest BCUT2D eigenvalue weighted by molar-refractivity contribution is 5.81. The molecule has 1 aromatic rings. The summed E-state index contributed by atoms with van der Waals surface area (Å²) in [5.74, 6) is 0.858. The van der Waals surface area contributed by atoms with E-state index in [1.165, 1.54) is 0 Å². The Bertz CT molecular complexity index is 505. The zero-order chi connectivity index (χ0) is 15.9. The van der Waals surface area contributed by atoms with Gasteiger partial charge in [-0.2, -0.15) is 0 Å². The lowest BCUT2D eigenvalue weighted by Crippen LogP contribution is -2.49. The molecule has 1 aliphatic rings. The Morgan fingerprint density at radius 1 is 1.45 bits per heavy atom. The summed E-state index contributed by atoms with van der Waals surface area (Å²) >= 11 is 0. The van der Waals surface area contributed by atoms with E-state index >= 15 is 0 Å². The first-order valence-corrected chi connectivity index (χ1v) is 7.98. The van der Waals surface area contributed by atoms with Crippen molar-refractivity contribution in [3.8, 4) is 5.75 Å². The minimum absolute atomic E-state index is 0.0373. The van der Waals surface area contributed by atoms with Gasteiger partial charge in [0.05, 0.1) is 13.2 Å². The van der Waals surface area contributed by atoms with Crippen molar-refractivity contribution in [2.75, 3.05) is 32.8 Å². The fourth-order valence-corrected chi connectivity index (χ4v) is 2.59. The van der Waals surface area contributed by atoms with E-state index in [2.05, 4.69) is 17.1 Å². The number of hydrogen-bond donors (Lipinski definition) is 1. The number of morpholine rings is 1. The smallest absolute Gasteiger partial charge is 0.250 e. The number of ether oxygens (including phenoxy) is 2. The predicted molar refractivity (Wildman–Crippen MR) is 86.0 cm³/mol. The molecule has 1 aliphatic heterocycles. The van der Waals surface area contributed by atoms with Crippen LogP contribution in [0.1, 0.15) is 25.0 Å². The molecule has 0 aromatic heterocycles. The summed E-state index contributed by atoms with van der Waals surface area (Å²) in [4.78, 5) is 14.4. The summed E-state index contributed by atoms with van der Waals surface area (Å²) in [5, 5.41) is 2.96. The Morgan fingerprint density at radius 2 is 2.27 bits per heavy atom. The number of aryl methyl sites for hydroxylation is 1. The van der Waals surface area contributed by atoms with Crippen LogP contribution in [-0.4, -0.2) is 49.8 Å². The molecule has 1 N–H and O–H groups in total. The van der Waals surface area contributed by atoms with Gasteiger partial charge in [0.25, 0.3) is 5.91 Å². The highest BCUT2D eigenvalue weighted by Gasteiger charge is 2.25. The molecule has 5 heteroatoms. The molecule has 1 atom stereocenters. The molecular formula is C17H26N2O3. The van der Waals surface area contributed by atoms with Gasteiger partial charge < -0.3 is 14.8 Å². The summed E-state index contributed by atoms with van der Waals surface area (Å²) in [6, 6.07) is 5.99. The minimum atomic E-state index is -0.363. The van der Waals surface area contributed by atoms with Crippen molar-refractivity contribution < 1.29 is 14.3 Å². The summed E-state index contributed by atoms with van der Waals surface area (Å²) < 4.78 is 11.1. The number of benzene rings is 1. The maximum Gasteiger partial charge on any atom is 0.250 e. The number of nitrogens with zero attached hydrogens (tertiary/aromatic N) is 1. The molecule has 0 bridgehead atoms. The van der Waals surface area contributed by atoms with Crippen LogP contribution >= 0.6 is 0 Å². The zero-order valence-electron chi connectivity index (χ0n) is 13.7. The van der Waals surface area contributed by atoms with Gasteiger partial charge in [-0.05, 0) is 37.6 Å². The molecule has 1 fully saturated rings.